The molecule has 1 aromatic rings. The Bertz CT molecular complexity index is 356. The van der Waals surface area contributed by atoms with Crippen LogP contribution in [0.15, 0.2) is 12.4 Å². The van der Waals surface area contributed by atoms with E-state index in [-0.39, 0.29) is 0 Å². The lowest BCUT2D eigenvalue weighted by atomic mass is 10.2. The molecule has 17 heavy (non-hydrogen) atoms. The number of thioether (sulfide) groups is 1. The van der Waals surface area contributed by atoms with Crippen LogP contribution in [0, 0.1) is 0 Å². The predicted octanol–water partition coefficient (Wildman–Crippen LogP) is 2.65. The first-order chi connectivity index (χ1) is 8.22. The molecule has 2 atom stereocenters. The Kier molecular flexibility index (Phi) is 4.39. The fourth-order valence-corrected chi connectivity index (χ4v) is 3.29. The maximum absolute atomic E-state index is 12.6. The van der Waals surface area contributed by atoms with E-state index < -0.39 is 6.55 Å². The van der Waals surface area contributed by atoms with Crippen LogP contribution in [0.4, 0.5) is 8.78 Å². The van der Waals surface area contributed by atoms with Gasteiger partial charge in [-0.2, -0.15) is 20.5 Å². The Hall–Kier alpha value is -0.620. The number of aromatic nitrogens is 2. The van der Waals surface area contributed by atoms with Crippen molar-refractivity contribution in [2.45, 2.75) is 43.6 Å². The Morgan fingerprint density at radius 1 is 1.59 bits per heavy atom. The van der Waals surface area contributed by atoms with E-state index in [1.165, 1.54) is 25.2 Å². The van der Waals surface area contributed by atoms with Crippen LogP contribution >= 0.6 is 11.8 Å². The van der Waals surface area contributed by atoms with E-state index in [2.05, 4.69) is 16.6 Å². The molecule has 1 saturated carbocycles. The van der Waals surface area contributed by atoms with Crippen LogP contribution in [0.2, 0.25) is 0 Å². The Balaban J connectivity index is 1.91. The van der Waals surface area contributed by atoms with Gasteiger partial charge in [0.25, 0.3) is 0 Å². The number of hydrogen-bond acceptors (Lipinski definition) is 3. The van der Waals surface area contributed by atoms with Crippen molar-refractivity contribution in [1.29, 1.82) is 0 Å². The number of nitrogens with one attached hydrogen (secondary N) is 1. The van der Waals surface area contributed by atoms with Crippen molar-refractivity contribution in [2.24, 2.45) is 0 Å². The summed E-state index contributed by atoms with van der Waals surface area (Å²) in [6, 6.07) is 0.424. The molecule has 1 fully saturated rings. The number of alkyl halides is 2. The third kappa shape index (κ3) is 2.98. The normalized spacial score (nSPS) is 24.7. The van der Waals surface area contributed by atoms with Crippen LogP contribution in [-0.2, 0) is 6.54 Å². The zero-order valence-electron chi connectivity index (χ0n) is 9.77. The number of halogens is 2. The minimum atomic E-state index is -2.51. The first-order valence-electron chi connectivity index (χ1n) is 5.78. The largest absolute Gasteiger partial charge is 0.319 e. The number of hydrogen-bond donors (Lipinski definition) is 1. The standard InChI is InChI=1S/C11H17F2N3S/c1-17-9-4-2-3-8(9)15-7-10-14-5-6-16(10)11(12)13/h5-6,8-9,11,15H,2-4,7H2,1H3. The van der Waals surface area contributed by atoms with Gasteiger partial charge in [-0.1, -0.05) is 6.42 Å². The molecule has 1 N–H and O–H groups in total. The smallest absolute Gasteiger partial charge is 0.306 e. The van der Waals surface area contributed by atoms with Crippen LogP contribution in [0.5, 0.6) is 0 Å². The summed E-state index contributed by atoms with van der Waals surface area (Å²) >= 11 is 1.85. The van der Waals surface area contributed by atoms with Gasteiger partial charge < -0.3 is 5.32 Å². The summed E-state index contributed by atoms with van der Waals surface area (Å²) in [4.78, 5) is 3.96. The molecule has 3 nitrogen and oxygen atoms in total. The molecule has 1 heterocycles. The van der Waals surface area contributed by atoms with E-state index in [0.717, 1.165) is 11.0 Å². The highest BCUT2D eigenvalue weighted by Crippen LogP contribution is 2.28. The molecule has 0 aromatic carbocycles. The van der Waals surface area contributed by atoms with Crippen molar-refractivity contribution in [3.05, 3.63) is 18.2 Å². The maximum Gasteiger partial charge on any atom is 0.319 e. The lowest BCUT2D eigenvalue weighted by molar-refractivity contribution is 0.0665. The molecule has 1 aromatic heterocycles. The second kappa shape index (κ2) is 5.82. The molecule has 0 saturated heterocycles. The molecule has 2 unspecified atom stereocenters. The van der Waals surface area contributed by atoms with Gasteiger partial charge in [0.1, 0.15) is 5.82 Å². The molecule has 2 rings (SSSR count). The third-order valence-electron chi connectivity index (χ3n) is 3.24. The van der Waals surface area contributed by atoms with Crippen molar-refractivity contribution in [3.8, 4) is 0 Å². The monoisotopic (exact) mass is 261 g/mol. The molecule has 1 aliphatic carbocycles. The van der Waals surface area contributed by atoms with E-state index in [0.29, 0.717) is 23.7 Å². The Morgan fingerprint density at radius 2 is 2.41 bits per heavy atom. The van der Waals surface area contributed by atoms with Crippen LogP contribution in [0.3, 0.4) is 0 Å². The molecular weight excluding hydrogens is 244 g/mol. The molecule has 0 bridgehead atoms. The van der Waals surface area contributed by atoms with Gasteiger partial charge in [-0.15, -0.1) is 0 Å². The Morgan fingerprint density at radius 3 is 3.12 bits per heavy atom. The van der Waals surface area contributed by atoms with Crippen LogP contribution < -0.4 is 5.32 Å². The van der Waals surface area contributed by atoms with Crippen molar-refractivity contribution >= 4 is 11.8 Å². The average Bonchev–Trinajstić information content (AvgIpc) is 2.94. The van der Waals surface area contributed by atoms with Crippen molar-refractivity contribution in [2.75, 3.05) is 6.26 Å². The molecule has 0 radical (unpaired) electrons. The lowest BCUT2D eigenvalue weighted by Crippen LogP contribution is -2.34. The minimum absolute atomic E-state index is 0.409. The van der Waals surface area contributed by atoms with Crippen LogP contribution in [0.25, 0.3) is 0 Å². The fraction of sp³-hybridized carbons (Fsp3) is 0.727. The molecule has 0 amide bonds. The highest BCUT2D eigenvalue weighted by Gasteiger charge is 2.26. The summed E-state index contributed by atoms with van der Waals surface area (Å²) < 4.78 is 26.1. The quantitative estimate of drug-likeness (QED) is 0.883. The van der Waals surface area contributed by atoms with Crippen LogP contribution in [0.1, 0.15) is 31.6 Å². The summed E-state index contributed by atoms with van der Waals surface area (Å²) in [5.41, 5.74) is 0. The van der Waals surface area contributed by atoms with Crippen molar-refractivity contribution in [1.82, 2.24) is 14.9 Å². The number of nitrogens with zero attached hydrogens (tertiary/aromatic N) is 2. The van der Waals surface area contributed by atoms with Gasteiger partial charge in [-0.05, 0) is 19.1 Å². The van der Waals surface area contributed by atoms with Gasteiger partial charge in [0.2, 0.25) is 0 Å². The second-order valence-corrected chi connectivity index (χ2v) is 5.30. The number of rotatable bonds is 5. The van der Waals surface area contributed by atoms with E-state index in [1.54, 1.807) is 0 Å². The summed E-state index contributed by atoms with van der Waals surface area (Å²) in [5.74, 6) is 0.409. The van der Waals surface area contributed by atoms with E-state index in [9.17, 15) is 8.78 Å². The maximum atomic E-state index is 12.6. The highest BCUT2D eigenvalue weighted by molar-refractivity contribution is 7.99. The van der Waals surface area contributed by atoms with Gasteiger partial charge in [0.05, 0.1) is 6.54 Å². The summed E-state index contributed by atoms with van der Waals surface area (Å²) in [5, 5.41) is 3.94. The molecule has 6 heteroatoms. The van der Waals surface area contributed by atoms with E-state index in [1.807, 2.05) is 11.8 Å². The molecule has 0 spiro atoms. The van der Waals surface area contributed by atoms with Gasteiger partial charge in [-0.25, -0.2) is 4.98 Å². The third-order valence-corrected chi connectivity index (χ3v) is 4.41. The molecule has 0 aliphatic heterocycles. The Labute approximate surface area is 104 Å². The zero-order chi connectivity index (χ0) is 12.3. The minimum Gasteiger partial charge on any atom is -0.306 e. The van der Waals surface area contributed by atoms with E-state index in [4.69, 9.17) is 0 Å². The van der Waals surface area contributed by atoms with Gasteiger partial charge in [-0.3, -0.25) is 4.57 Å². The van der Waals surface area contributed by atoms with E-state index >= 15 is 0 Å². The number of imidazole rings is 1. The first-order valence-corrected chi connectivity index (χ1v) is 7.07. The van der Waals surface area contributed by atoms with Crippen molar-refractivity contribution in [3.63, 3.8) is 0 Å². The molecular formula is C11H17F2N3S. The molecule has 1 aliphatic rings. The SMILES string of the molecule is CSC1CCCC1NCc1nccn1C(F)F. The lowest BCUT2D eigenvalue weighted by Gasteiger charge is -2.19. The van der Waals surface area contributed by atoms with Crippen LogP contribution in [-0.4, -0.2) is 27.1 Å². The fourth-order valence-electron chi connectivity index (χ4n) is 2.32. The summed E-state index contributed by atoms with van der Waals surface area (Å²) in [6.07, 6.45) is 8.40. The van der Waals surface area contributed by atoms with Gasteiger partial charge in [0, 0.05) is 23.7 Å². The predicted molar refractivity (Wildman–Crippen MR) is 65.3 cm³/mol. The average molecular weight is 261 g/mol. The van der Waals surface area contributed by atoms with Gasteiger partial charge in [0.15, 0.2) is 0 Å². The van der Waals surface area contributed by atoms with Gasteiger partial charge >= 0.3 is 6.55 Å². The highest BCUT2D eigenvalue weighted by atomic mass is 32.2. The second-order valence-electron chi connectivity index (χ2n) is 4.22. The zero-order valence-corrected chi connectivity index (χ0v) is 10.6. The topological polar surface area (TPSA) is 29.9 Å². The first kappa shape index (κ1) is 12.8. The molecule has 96 valence electrons. The summed E-state index contributed by atoms with van der Waals surface area (Å²) in [6.45, 7) is -2.09. The van der Waals surface area contributed by atoms with Crippen molar-refractivity contribution < 1.29 is 8.78 Å². The summed E-state index contributed by atoms with van der Waals surface area (Å²) in [7, 11) is 0.